The van der Waals surface area contributed by atoms with Crippen molar-refractivity contribution in [1.29, 1.82) is 0 Å². The molecule has 0 unspecified atom stereocenters. The van der Waals surface area contributed by atoms with Gasteiger partial charge in [0.1, 0.15) is 23.7 Å². The standard InChI is InChI=1S/C25H28O7/c1-15(5-11-22(26)27)4-10-19-20(13-31-12-17-6-8-18(30-3)9-7-17)16(2)21-14-32-25(29)23(21)24(19)28/h4,6-9,28H,5,10-14H2,1-3H3,(H,26,27)/b15-4+. The van der Waals surface area contributed by atoms with E-state index in [0.29, 0.717) is 30.6 Å². The van der Waals surface area contributed by atoms with Gasteiger partial charge in [-0.1, -0.05) is 23.8 Å². The molecule has 0 amide bonds. The van der Waals surface area contributed by atoms with E-state index in [-0.39, 0.29) is 30.9 Å². The summed E-state index contributed by atoms with van der Waals surface area (Å²) in [4.78, 5) is 23.0. The van der Waals surface area contributed by atoms with E-state index < -0.39 is 11.9 Å². The third-order valence-corrected chi connectivity index (χ3v) is 5.71. The lowest BCUT2D eigenvalue weighted by molar-refractivity contribution is -0.136. The predicted molar refractivity (Wildman–Crippen MR) is 118 cm³/mol. The van der Waals surface area contributed by atoms with E-state index in [2.05, 4.69) is 0 Å². The van der Waals surface area contributed by atoms with Gasteiger partial charge in [-0.15, -0.1) is 0 Å². The topological polar surface area (TPSA) is 102 Å². The maximum atomic E-state index is 12.2. The zero-order valence-corrected chi connectivity index (χ0v) is 18.6. The smallest absolute Gasteiger partial charge is 0.342 e. The summed E-state index contributed by atoms with van der Waals surface area (Å²) in [5.41, 5.74) is 5.07. The van der Waals surface area contributed by atoms with Crippen molar-refractivity contribution in [1.82, 2.24) is 0 Å². The molecule has 3 rings (SSSR count). The molecule has 0 atom stereocenters. The van der Waals surface area contributed by atoms with Crippen molar-refractivity contribution in [3.8, 4) is 11.5 Å². The number of allylic oxidation sites excluding steroid dienone is 2. The Bertz CT molecular complexity index is 1040. The fourth-order valence-electron chi connectivity index (χ4n) is 3.73. The molecule has 0 bridgehead atoms. The van der Waals surface area contributed by atoms with Crippen molar-refractivity contribution in [3.05, 3.63) is 69.3 Å². The maximum Gasteiger partial charge on any atom is 0.342 e. The van der Waals surface area contributed by atoms with Crippen molar-refractivity contribution in [3.63, 3.8) is 0 Å². The fraction of sp³-hybridized carbons (Fsp3) is 0.360. The van der Waals surface area contributed by atoms with E-state index >= 15 is 0 Å². The lowest BCUT2D eigenvalue weighted by atomic mass is 9.90. The number of esters is 1. The molecule has 2 N–H and O–H groups in total. The lowest BCUT2D eigenvalue weighted by Gasteiger charge is -2.17. The number of carbonyl (C=O) groups is 2. The Labute approximate surface area is 187 Å². The Morgan fingerprint density at radius 3 is 2.53 bits per heavy atom. The molecule has 7 nitrogen and oxygen atoms in total. The molecule has 32 heavy (non-hydrogen) atoms. The number of carbonyl (C=O) groups excluding carboxylic acids is 1. The number of phenolic OH excluding ortho intramolecular Hbond substituents is 1. The zero-order chi connectivity index (χ0) is 23.3. The highest BCUT2D eigenvalue weighted by molar-refractivity contribution is 5.97. The number of cyclic esters (lactones) is 1. The summed E-state index contributed by atoms with van der Waals surface area (Å²) >= 11 is 0. The largest absolute Gasteiger partial charge is 0.507 e. The number of carboxylic acids is 1. The third-order valence-electron chi connectivity index (χ3n) is 5.71. The number of fused-ring (bicyclic) bond motifs is 1. The van der Waals surface area contributed by atoms with Crippen molar-refractivity contribution in [2.45, 2.75) is 52.9 Å². The van der Waals surface area contributed by atoms with E-state index in [9.17, 15) is 14.7 Å². The van der Waals surface area contributed by atoms with Gasteiger partial charge in [0.2, 0.25) is 0 Å². The van der Waals surface area contributed by atoms with Crippen LogP contribution < -0.4 is 4.74 Å². The van der Waals surface area contributed by atoms with Crippen LogP contribution in [0.5, 0.6) is 11.5 Å². The van der Waals surface area contributed by atoms with Gasteiger partial charge >= 0.3 is 11.9 Å². The summed E-state index contributed by atoms with van der Waals surface area (Å²) in [6.45, 7) is 4.52. The number of ether oxygens (including phenoxy) is 3. The number of aromatic hydroxyl groups is 1. The monoisotopic (exact) mass is 440 g/mol. The molecule has 0 aromatic heterocycles. The van der Waals surface area contributed by atoms with Gasteiger partial charge in [0.15, 0.2) is 0 Å². The third kappa shape index (κ3) is 5.29. The van der Waals surface area contributed by atoms with Gasteiger partial charge in [0, 0.05) is 17.5 Å². The molecule has 0 spiro atoms. The van der Waals surface area contributed by atoms with Gasteiger partial charge in [0.25, 0.3) is 0 Å². The van der Waals surface area contributed by atoms with Crippen LogP contribution in [-0.4, -0.2) is 29.3 Å². The summed E-state index contributed by atoms with van der Waals surface area (Å²) in [5, 5.41) is 19.8. The Morgan fingerprint density at radius 1 is 1.16 bits per heavy atom. The van der Waals surface area contributed by atoms with Gasteiger partial charge in [-0.05, 0) is 55.5 Å². The Morgan fingerprint density at radius 2 is 1.88 bits per heavy atom. The summed E-state index contributed by atoms with van der Waals surface area (Å²) in [6.07, 6.45) is 2.71. The van der Waals surface area contributed by atoms with E-state index in [1.807, 2.05) is 44.2 Å². The SMILES string of the molecule is COc1ccc(COCc2c(C)c3c(c(O)c2C/C=C(\C)CCC(=O)O)C(=O)OC3)cc1. The molecule has 170 valence electrons. The minimum absolute atomic E-state index is 0.0433. The quantitative estimate of drug-likeness (QED) is 0.416. The summed E-state index contributed by atoms with van der Waals surface area (Å²) in [7, 11) is 1.61. The number of hydrogen-bond acceptors (Lipinski definition) is 6. The molecule has 0 saturated carbocycles. The van der Waals surface area contributed by atoms with Crippen LogP contribution in [0.2, 0.25) is 0 Å². The average molecular weight is 440 g/mol. The molecule has 1 heterocycles. The van der Waals surface area contributed by atoms with Crippen LogP contribution in [0.4, 0.5) is 0 Å². The van der Waals surface area contributed by atoms with Crippen LogP contribution >= 0.6 is 0 Å². The van der Waals surface area contributed by atoms with Gasteiger partial charge < -0.3 is 24.4 Å². The number of methoxy groups -OCH3 is 1. The van der Waals surface area contributed by atoms with E-state index in [1.54, 1.807) is 7.11 Å². The van der Waals surface area contributed by atoms with Crippen molar-refractivity contribution in [2.75, 3.05) is 7.11 Å². The number of rotatable bonds is 10. The second-order valence-electron chi connectivity index (χ2n) is 7.85. The normalized spacial score (nSPS) is 13.1. The van der Waals surface area contributed by atoms with Crippen molar-refractivity contribution >= 4 is 11.9 Å². The highest BCUT2D eigenvalue weighted by Gasteiger charge is 2.31. The first-order chi connectivity index (χ1) is 15.3. The number of hydrogen-bond donors (Lipinski definition) is 2. The average Bonchev–Trinajstić information content (AvgIpc) is 3.17. The lowest BCUT2D eigenvalue weighted by Crippen LogP contribution is -2.07. The first-order valence-electron chi connectivity index (χ1n) is 10.4. The fourth-order valence-corrected chi connectivity index (χ4v) is 3.73. The Kier molecular flexibility index (Phi) is 7.53. The zero-order valence-electron chi connectivity index (χ0n) is 18.6. The maximum absolute atomic E-state index is 12.2. The number of aliphatic carboxylic acids is 1. The molecule has 0 aliphatic carbocycles. The second-order valence-corrected chi connectivity index (χ2v) is 7.85. The number of phenols is 1. The minimum atomic E-state index is -0.857. The van der Waals surface area contributed by atoms with Crippen LogP contribution in [0.25, 0.3) is 0 Å². The van der Waals surface area contributed by atoms with E-state index in [0.717, 1.165) is 28.0 Å². The molecule has 2 aromatic rings. The van der Waals surface area contributed by atoms with E-state index in [4.69, 9.17) is 19.3 Å². The summed E-state index contributed by atoms with van der Waals surface area (Å²) in [6, 6.07) is 7.58. The molecule has 1 aliphatic heterocycles. The predicted octanol–water partition coefficient (Wildman–Crippen LogP) is 4.45. The van der Waals surface area contributed by atoms with Crippen LogP contribution in [0.15, 0.2) is 35.9 Å². The van der Waals surface area contributed by atoms with Crippen LogP contribution in [-0.2, 0) is 40.5 Å². The Balaban J connectivity index is 1.84. The summed E-state index contributed by atoms with van der Waals surface area (Å²) < 4.78 is 16.3. The molecular weight excluding hydrogens is 412 g/mol. The van der Waals surface area contributed by atoms with Gasteiger partial charge in [-0.3, -0.25) is 4.79 Å². The van der Waals surface area contributed by atoms with Crippen LogP contribution in [0, 0.1) is 6.92 Å². The first kappa shape index (κ1) is 23.3. The molecule has 2 aromatic carbocycles. The molecule has 0 radical (unpaired) electrons. The van der Waals surface area contributed by atoms with Gasteiger partial charge in [0.05, 0.1) is 20.3 Å². The molecular formula is C25H28O7. The summed E-state index contributed by atoms with van der Waals surface area (Å²) in [5.74, 6) is -0.702. The van der Waals surface area contributed by atoms with E-state index in [1.165, 1.54) is 0 Å². The second kappa shape index (κ2) is 10.3. The van der Waals surface area contributed by atoms with Crippen molar-refractivity contribution in [2.24, 2.45) is 0 Å². The van der Waals surface area contributed by atoms with Crippen LogP contribution in [0.1, 0.15) is 57.9 Å². The van der Waals surface area contributed by atoms with Gasteiger partial charge in [-0.2, -0.15) is 0 Å². The molecule has 0 fully saturated rings. The number of carboxylic acid groups (broad SMARTS) is 1. The highest BCUT2D eigenvalue weighted by atomic mass is 16.5. The highest BCUT2D eigenvalue weighted by Crippen LogP contribution is 2.38. The van der Waals surface area contributed by atoms with Crippen molar-refractivity contribution < 1.29 is 34.0 Å². The first-order valence-corrected chi connectivity index (χ1v) is 10.4. The van der Waals surface area contributed by atoms with Crippen LogP contribution in [0.3, 0.4) is 0 Å². The molecule has 0 saturated heterocycles. The number of benzene rings is 2. The minimum Gasteiger partial charge on any atom is -0.507 e. The molecule has 1 aliphatic rings. The Hall–Kier alpha value is -3.32. The van der Waals surface area contributed by atoms with Gasteiger partial charge in [-0.25, -0.2) is 4.79 Å². The molecule has 7 heteroatoms.